The van der Waals surface area contributed by atoms with Crippen molar-refractivity contribution in [2.45, 2.75) is 18.8 Å². The zero-order valence-electron chi connectivity index (χ0n) is 17.5. The Labute approximate surface area is 186 Å². The number of para-hydroxylation sites is 1. The second-order valence-corrected chi connectivity index (χ2v) is 7.84. The number of hydrogen-bond donors (Lipinski definition) is 0. The van der Waals surface area contributed by atoms with Crippen molar-refractivity contribution in [2.75, 3.05) is 13.1 Å². The number of hydrogen-bond acceptors (Lipinski definition) is 3. The lowest BCUT2D eigenvalue weighted by Crippen LogP contribution is -2.44. The van der Waals surface area contributed by atoms with Gasteiger partial charge in [0.25, 0.3) is 0 Å². The molecule has 1 heterocycles. The zero-order chi connectivity index (χ0) is 22.3. The highest BCUT2D eigenvalue weighted by atomic mass is 19.1. The maximum absolute atomic E-state index is 13.6. The van der Waals surface area contributed by atoms with E-state index < -0.39 is 0 Å². The van der Waals surface area contributed by atoms with Crippen molar-refractivity contribution >= 4 is 6.02 Å². The fourth-order valence-electron chi connectivity index (χ4n) is 4.33. The van der Waals surface area contributed by atoms with Gasteiger partial charge in [-0.25, -0.2) is 8.78 Å². The summed E-state index contributed by atoms with van der Waals surface area (Å²) in [5, 5.41) is 9.21. The highest BCUT2D eigenvalue weighted by Gasteiger charge is 2.32. The van der Waals surface area contributed by atoms with E-state index in [9.17, 15) is 14.0 Å². The molecule has 1 aliphatic heterocycles. The molecule has 0 saturated carbocycles. The van der Waals surface area contributed by atoms with Gasteiger partial charge in [-0.2, -0.15) is 5.26 Å². The van der Waals surface area contributed by atoms with Crippen LogP contribution in [-0.4, -0.2) is 24.0 Å². The molecule has 1 aliphatic rings. The number of rotatable bonds is 4. The van der Waals surface area contributed by atoms with Gasteiger partial charge in [-0.3, -0.25) is 0 Å². The molecule has 162 valence electrons. The van der Waals surface area contributed by atoms with Crippen LogP contribution in [0.25, 0.3) is 0 Å². The van der Waals surface area contributed by atoms with E-state index in [0.717, 1.165) is 24.0 Å². The Kier molecular flexibility index (Phi) is 6.76. The molecule has 0 bridgehead atoms. The summed E-state index contributed by atoms with van der Waals surface area (Å²) < 4.78 is 33.1. The number of nitriles is 1. The van der Waals surface area contributed by atoms with Crippen molar-refractivity contribution in [3.63, 3.8) is 0 Å². The molecule has 6 heteroatoms. The van der Waals surface area contributed by atoms with Gasteiger partial charge in [0.1, 0.15) is 17.4 Å². The van der Waals surface area contributed by atoms with Gasteiger partial charge in [0.15, 0.2) is 0 Å². The first-order chi connectivity index (χ1) is 15.6. The third-order valence-corrected chi connectivity index (χ3v) is 5.76. The molecule has 3 aromatic carbocycles. The summed E-state index contributed by atoms with van der Waals surface area (Å²) in [6.07, 6.45) is 3.66. The summed E-state index contributed by atoms with van der Waals surface area (Å²) in [6.45, 7) is 1.32. The molecule has 32 heavy (non-hydrogen) atoms. The molecule has 0 aromatic heterocycles. The number of benzene rings is 3. The standard InChI is InChI=1S/C26H23F2N3O/c27-22-12-8-19(9-13-22)25(20-10-14-23(28)15-11-20)21-5-4-16-31(17-21)26(30-18-29)32-24-6-2-1-3-7-24/h1-3,6-15,21,25H,4-5,16-17H2. The Balaban J connectivity index is 1.63. The van der Waals surface area contributed by atoms with Crippen molar-refractivity contribution in [1.82, 2.24) is 4.90 Å². The number of nitrogens with zero attached hydrogens (tertiary/aromatic N) is 3. The molecule has 0 spiro atoms. The van der Waals surface area contributed by atoms with Crippen LogP contribution in [0.15, 0.2) is 83.9 Å². The summed E-state index contributed by atoms with van der Waals surface area (Å²) in [5.41, 5.74) is 1.93. The van der Waals surface area contributed by atoms with Gasteiger partial charge < -0.3 is 9.64 Å². The van der Waals surface area contributed by atoms with Crippen molar-refractivity contribution < 1.29 is 13.5 Å². The molecule has 3 aromatic rings. The number of amidine groups is 1. The Bertz CT molecular complexity index is 1050. The van der Waals surface area contributed by atoms with Gasteiger partial charge in [0.2, 0.25) is 6.19 Å². The molecule has 1 unspecified atom stereocenters. The highest BCUT2D eigenvalue weighted by molar-refractivity contribution is 5.77. The van der Waals surface area contributed by atoms with E-state index in [2.05, 4.69) is 4.99 Å². The second kappa shape index (κ2) is 10.1. The van der Waals surface area contributed by atoms with E-state index in [1.807, 2.05) is 41.4 Å². The first-order valence-corrected chi connectivity index (χ1v) is 10.6. The summed E-state index contributed by atoms with van der Waals surface area (Å²) >= 11 is 0. The minimum Gasteiger partial charge on any atom is -0.425 e. The summed E-state index contributed by atoms with van der Waals surface area (Å²) in [6, 6.07) is 22.4. The minimum absolute atomic E-state index is 0.0564. The maximum atomic E-state index is 13.6. The molecular formula is C26H23F2N3O. The van der Waals surface area contributed by atoms with Gasteiger partial charge in [-0.1, -0.05) is 42.5 Å². The van der Waals surface area contributed by atoms with Crippen LogP contribution in [0.5, 0.6) is 5.75 Å². The monoisotopic (exact) mass is 431 g/mol. The predicted octanol–water partition coefficient (Wildman–Crippen LogP) is 5.72. The number of halogens is 2. The fourth-order valence-corrected chi connectivity index (χ4v) is 4.33. The maximum Gasteiger partial charge on any atom is 0.308 e. The van der Waals surface area contributed by atoms with Crippen LogP contribution in [-0.2, 0) is 0 Å². The average Bonchev–Trinajstić information content (AvgIpc) is 2.82. The molecular weight excluding hydrogens is 408 g/mol. The van der Waals surface area contributed by atoms with Crippen LogP contribution in [0.1, 0.15) is 29.9 Å². The van der Waals surface area contributed by atoms with E-state index in [0.29, 0.717) is 18.8 Å². The van der Waals surface area contributed by atoms with Crippen molar-refractivity contribution in [1.29, 1.82) is 5.26 Å². The summed E-state index contributed by atoms with van der Waals surface area (Å²) in [7, 11) is 0. The topological polar surface area (TPSA) is 48.6 Å². The average molecular weight is 431 g/mol. The predicted molar refractivity (Wildman–Crippen MR) is 119 cm³/mol. The minimum atomic E-state index is -0.295. The molecule has 0 radical (unpaired) electrons. The second-order valence-electron chi connectivity index (χ2n) is 7.84. The van der Waals surface area contributed by atoms with Crippen molar-refractivity contribution in [2.24, 2.45) is 10.9 Å². The Hall–Kier alpha value is -3.72. The van der Waals surface area contributed by atoms with Gasteiger partial charge in [0, 0.05) is 19.0 Å². The van der Waals surface area contributed by atoms with Gasteiger partial charge in [-0.15, -0.1) is 4.99 Å². The van der Waals surface area contributed by atoms with E-state index in [1.54, 1.807) is 24.3 Å². The van der Waals surface area contributed by atoms with E-state index in [-0.39, 0.29) is 29.5 Å². The first-order valence-electron chi connectivity index (χ1n) is 10.6. The number of piperidine rings is 1. The third kappa shape index (κ3) is 5.12. The Morgan fingerprint density at radius 1 is 0.938 bits per heavy atom. The lowest BCUT2D eigenvalue weighted by molar-refractivity contribution is 0.215. The molecule has 4 rings (SSSR count). The van der Waals surface area contributed by atoms with Crippen LogP contribution < -0.4 is 4.74 Å². The number of likely N-dealkylation sites (tertiary alicyclic amines) is 1. The molecule has 1 saturated heterocycles. The quantitative estimate of drug-likeness (QED) is 0.301. The third-order valence-electron chi connectivity index (χ3n) is 5.76. The highest BCUT2D eigenvalue weighted by Crippen LogP contribution is 2.37. The zero-order valence-corrected chi connectivity index (χ0v) is 17.5. The smallest absolute Gasteiger partial charge is 0.308 e. The van der Waals surface area contributed by atoms with Crippen LogP contribution in [0.4, 0.5) is 8.78 Å². The normalized spacial score (nSPS) is 16.6. The molecule has 1 atom stereocenters. The van der Waals surface area contributed by atoms with Crippen LogP contribution in [0.2, 0.25) is 0 Å². The van der Waals surface area contributed by atoms with Crippen LogP contribution >= 0.6 is 0 Å². The molecule has 0 N–H and O–H groups in total. The Morgan fingerprint density at radius 2 is 1.53 bits per heavy atom. The molecule has 4 nitrogen and oxygen atoms in total. The van der Waals surface area contributed by atoms with Crippen LogP contribution in [0.3, 0.4) is 0 Å². The molecule has 0 aliphatic carbocycles. The van der Waals surface area contributed by atoms with E-state index >= 15 is 0 Å². The Morgan fingerprint density at radius 3 is 2.09 bits per heavy atom. The van der Waals surface area contributed by atoms with Crippen molar-refractivity contribution in [3.05, 3.63) is 102 Å². The van der Waals surface area contributed by atoms with E-state index in [4.69, 9.17) is 4.74 Å². The summed E-state index contributed by atoms with van der Waals surface area (Å²) in [5.74, 6) is 0.104. The first kappa shape index (κ1) is 21.5. The van der Waals surface area contributed by atoms with Gasteiger partial charge in [0.05, 0.1) is 0 Å². The van der Waals surface area contributed by atoms with E-state index in [1.165, 1.54) is 24.3 Å². The lowest BCUT2D eigenvalue weighted by Gasteiger charge is -2.38. The van der Waals surface area contributed by atoms with Gasteiger partial charge >= 0.3 is 6.02 Å². The molecule has 0 amide bonds. The largest absolute Gasteiger partial charge is 0.425 e. The number of ether oxygens (including phenoxy) is 1. The fraction of sp³-hybridized carbons (Fsp3) is 0.231. The SMILES string of the molecule is N#CN=C(Oc1ccccc1)N1CCCC(C(c2ccc(F)cc2)c2ccc(F)cc2)C1. The number of aliphatic imine (C=N–C) groups is 1. The molecule has 1 fully saturated rings. The van der Waals surface area contributed by atoms with Crippen LogP contribution in [0, 0.1) is 29.0 Å². The lowest BCUT2D eigenvalue weighted by atomic mass is 9.77. The summed E-state index contributed by atoms with van der Waals surface area (Å²) in [4.78, 5) is 5.91. The van der Waals surface area contributed by atoms with Gasteiger partial charge in [-0.05, 0) is 66.3 Å². The van der Waals surface area contributed by atoms with Crippen molar-refractivity contribution in [3.8, 4) is 11.9 Å².